The van der Waals surface area contributed by atoms with Gasteiger partial charge in [0.05, 0.1) is 0 Å². The molecule has 0 amide bonds. The first-order valence-corrected chi connectivity index (χ1v) is 9.21. The lowest BCUT2D eigenvalue weighted by Gasteiger charge is -1.96. The van der Waals surface area contributed by atoms with E-state index in [1.54, 1.807) is 0 Å². The predicted molar refractivity (Wildman–Crippen MR) is 94.3 cm³/mol. The van der Waals surface area contributed by atoms with Crippen LogP contribution in [0.5, 0.6) is 0 Å². The molecule has 0 aromatic rings. The van der Waals surface area contributed by atoms with Crippen molar-refractivity contribution in [3.63, 3.8) is 0 Å². The molecule has 0 heterocycles. The normalized spacial score (nSPS) is 11.9. The van der Waals surface area contributed by atoms with Gasteiger partial charge in [-0.15, -0.1) is 0 Å². The van der Waals surface area contributed by atoms with Crippen LogP contribution in [0.25, 0.3) is 0 Å². The Morgan fingerprint density at radius 3 is 1.15 bits per heavy atom. The number of hydrogen-bond donors (Lipinski definition) is 0. The van der Waals surface area contributed by atoms with Crippen LogP contribution in [-0.4, -0.2) is 0 Å². The average Bonchev–Trinajstić information content (AvgIpc) is 2.47. The summed E-state index contributed by atoms with van der Waals surface area (Å²) in [6, 6.07) is 0. The molecule has 0 aromatic heterocycles. The van der Waals surface area contributed by atoms with Crippen LogP contribution >= 0.6 is 0 Å². The summed E-state index contributed by atoms with van der Waals surface area (Å²) in [6.07, 6.45) is 28.4. The van der Waals surface area contributed by atoms with Crippen molar-refractivity contribution in [1.29, 1.82) is 0 Å². The highest BCUT2D eigenvalue weighted by molar-refractivity contribution is 4.88. The number of unbranched alkanes of at least 4 members (excludes halogenated alkanes) is 11. The van der Waals surface area contributed by atoms with Crippen molar-refractivity contribution in [3.05, 3.63) is 24.3 Å². The lowest BCUT2D eigenvalue weighted by atomic mass is 10.1. The predicted octanol–water partition coefficient (Wildman–Crippen LogP) is 7.60. The van der Waals surface area contributed by atoms with Crippen molar-refractivity contribution < 1.29 is 0 Å². The molecule has 0 aliphatic heterocycles. The van der Waals surface area contributed by atoms with Gasteiger partial charge < -0.3 is 0 Å². The highest BCUT2D eigenvalue weighted by Crippen LogP contribution is 2.07. The fourth-order valence-electron chi connectivity index (χ4n) is 2.40. The minimum atomic E-state index is 1.22. The molecule has 0 saturated heterocycles. The highest BCUT2D eigenvalue weighted by Gasteiger charge is 1.87. The second kappa shape index (κ2) is 18.5. The summed E-state index contributed by atoms with van der Waals surface area (Å²) in [7, 11) is 0. The maximum absolute atomic E-state index is 2.38. The van der Waals surface area contributed by atoms with E-state index < -0.39 is 0 Å². The van der Waals surface area contributed by atoms with Gasteiger partial charge in [0.25, 0.3) is 0 Å². The zero-order valence-corrected chi connectivity index (χ0v) is 14.2. The van der Waals surface area contributed by atoms with Gasteiger partial charge in [-0.1, -0.05) is 89.5 Å². The first-order valence-electron chi connectivity index (χ1n) is 9.21. The van der Waals surface area contributed by atoms with Crippen LogP contribution < -0.4 is 0 Å². The Balaban J connectivity index is 3.13. The minimum Gasteiger partial charge on any atom is -0.0885 e. The molecule has 0 aromatic carbocycles. The molecule has 0 bridgehead atoms. The first-order chi connectivity index (χ1) is 9.91. The van der Waals surface area contributed by atoms with E-state index in [1.807, 2.05) is 0 Å². The zero-order chi connectivity index (χ0) is 14.7. The Labute approximate surface area is 128 Å². The molecule has 0 saturated carbocycles. The van der Waals surface area contributed by atoms with Crippen molar-refractivity contribution in [2.45, 2.75) is 104 Å². The summed E-state index contributed by atoms with van der Waals surface area (Å²) in [6.45, 7) is 4.55. The second-order valence-corrected chi connectivity index (χ2v) is 5.93. The zero-order valence-electron chi connectivity index (χ0n) is 14.2. The van der Waals surface area contributed by atoms with Crippen LogP contribution in [0.15, 0.2) is 24.3 Å². The van der Waals surface area contributed by atoms with E-state index in [0.717, 1.165) is 0 Å². The van der Waals surface area contributed by atoms with Crippen molar-refractivity contribution in [2.75, 3.05) is 0 Å². The largest absolute Gasteiger partial charge is 0.0885 e. The third kappa shape index (κ3) is 17.5. The molecule has 0 nitrogen and oxygen atoms in total. The van der Waals surface area contributed by atoms with Gasteiger partial charge in [-0.05, 0) is 38.5 Å². The van der Waals surface area contributed by atoms with E-state index in [0.29, 0.717) is 0 Å². The molecule has 0 N–H and O–H groups in total. The van der Waals surface area contributed by atoms with Crippen molar-refractivity contribution >= 4 is 0 Å². The molecule has 0 unspecified atom stereocenters. The Morgan fingerprint density at radius 2 is 0.750 bits per heavy atom. The average molecular weight is 279 g/mol. The van der Waals surface area contributed by atoms with Gasteiger partial charge in [-0.25, -0.2) is 0 Å². The van der Waals surface area contributed by atoms with Crippen molar-refractivity contribution in [2.24, 2.45) is 0 Å². The minimum absolute atomic E-state index is 1.22. The summed E-state index contributed by atoms with van der Waals surface area (Å²) in [5.74, 6) is 0. The molecule has 0 rings (SSSR count). The SMILES string of the molecule is CCCCCCCC=CCCC=CCCCCCCC. The van der Waals surface area contributed by atoms with Crippen LogP contribution in [0, 0.1) is 0 Å². The second-order valence-electron chi connectivity index (χ2n) is 5.93. The molecule has 0 atom stereocenters. The molecule has 0 radical (unpaired) electrons. The Kier molecular flexibility index (Phi) is 18.0. The summed E-state index contributed by atoms with van der Waals surface area (Å²) >= 11 is 0. The van der Waals surface area contributed by atoms with Crippen LogP contribution in [-0.2, 0) is 0 Å². The monoisotopic (exact) mass is 278 g/mol. The van der Waals surface area contributed by atoms with Crippen LogP contribution in [0.3, 0.4) is 0 Å². The smallest absolute Gasteiger partial charge is 0.0316 e. The third-order valence-electron chi connectivity index (χ3n) is 3.78. The van der Waals surface area contributed by atoms with Crippen LogP contribution in [0.2, 0.25) is 0 Å². The number of hydrogen-bond acceptors (Lipinski definition) is 0. The molecule has 0 fully saturated rings. The van der Waals surface area contributed by atoms with Crippen molar-refractivity contribution in [1.82, 2.24) is 0 Å². The molecule has 0 aliphatic carbocycles. The standard InChI is InChI=1S/C20H38/c1-3-5-7-9-11-13-15-17-19-20-18-16-14-12-10-8-6-4-2/h15-18H,3-14,19-20H2,1-2H3. The number of allylic oxidation sites excluding steroid dienone is 4. The third-order valence-corrected chi connectivity index (χ3v) is 3.78. The summed E-state index contributed by atoms with van der Waals surface area (Å²) < 4.78 is 0. The van der Waals surface area contributed by atoms with Crippen LogP contribution in [0.1, 0.15) is 104 Å². The topological polar surface area (TPSA) is 0 Å². The Morgan fingerprint density at radius 1 is 0.400 bits per heavy atom. The lowest BCUT2D eigenvalue weighted by molar-refractivity contribution is 0.636. The lowest BCUT2D eigenvalue weighted by Crippen LogP contribution is -1.76. The van der Waals surface area contributed by atoms with E-state index in [-0.39, 0.29) is 0 Å². The number of rotatable bonds is 15. The first kappa shape index (κ1) is 19.5. The van der Waals surface area contributed by atoms with Gasteiger partial charge in [0.1, 0.15) is 0 Å². The maximum Gasteiger partial charge on any atom is -0.0316 e. The summed E-state index contributed by atoms with van der Waals surface area (Å²) in [4.78, 5) is 0. The van der Waals surface area contributed by atoms with Crippen LogP contribution in [0.4, 0.5) is 0 Å². The van der Waals surface area contributed by atoms with Gasteiger partial charge in [0.15, 0.2) is 0 Å². The molecule has 118 valence electrons. The van der Waals surface area contributed by atoms with Gasteiger partial charge >= 0.3 is 0 Å². The van der Waals surface area contributed by atoms with E-state index in [9.17, 15) is 0 Å². The van der Waals surface area contributed by atoms with E-state index >= 15 is 0 Å². The molecular formula is C20H38. The molecule has 0 aliphatic rings. The summed E-state index contributed by atoms with van der Waals surface area (Å²) in [5, 5.41) is 0. The van der Waals surface area contributed by atoms with E-state index in [1.165, 1.54) is 89.9 Å². The molecule has 20 heavy (non-hydrogen) atoms. The van der Waals surface area contributed by atoms with E-state index in [4.69, 9.17) is 0 Å². The quantitative estimate of drug-likeness (QED) is 0.214. The van der Waals surface area contributed by atoms with Gasteiger partial charge in [-0.3, -0.25) is 0 Å². The summed E-state index contributed by atoms with van der Waals surface area (Å²) in [5.41, 5.74) is 0. The Bertz CT molecular complexity index is 188. The molecular weight excluding hydrogens is 240 g/mol. The van der Waals surface area contributed by atoms with Gasteiger partial charge in [-0.2, -0.15) is 0 Å². The van der Waals surface area contributed by atoms with Gasteiger partial charge in [0.2, 0.25) is 0 Å². The van der Waals surface area contributed by atoms with E-state index in [2.05, 4.69) is 38.2 Å². The molecule has 0 spiro atoms. The van der Waals surface area contributed by atoms with Crippen molar-refractivity contribution in [3.8, 4) is 0 Å². The highest BCUT2D eigenvalue weighted by atomic mass is 13.9. The fraction of sp³-hybridized carbons (Fsp3) is 0.800. The van der Waals surface area contributed by atoms with Gasteiger partial charge in [0, 0.05) is 0 Å². The molecule has 0 heteroatoms. The maximum atomic E-state index is 2.38. The Hall–Kier alpha value is -0.520. The fourth-order valence-corrected chi connectivity index (χ4v) is 2.40.